The molecule has 9 heteroatoms. The first-order chi connectivity index (χ1) is 16.4. The molecular weight excluding hydrogens is 473 g/mol. The molecule has 6 nitrogen and oxygen atoms in total. The van der Waals surface area contributed by atoms with Crippen LogP contribution in [-0.2, 0) is 15.4 Å². The van der Waals surface area contributed by atoms with E-state index >= 15 is 0 Å². The quantitative estimate of drug-likeness (QED) is 0.314. The van der Waals surface area contributed by atoms with Crippen LogP contribution in [0.5, 0.6) is 5.75 Å². The molecule has 176 valence electrons. The van der Waals surface area contributed by atoms with E-state index in [1.54, 1.807) is 11.3 Å². The number of piperidine rings is 1. The summed E-state index contributed by atoms with van der Waals surface area (Å²) < 4.78 is 46.7. The zero-order valence-corrected chi connectivity index (χ0v) is 20.0. The molecule has 2 heterocycles. The second-order valence-electron chi connectivity index (χ2n) is 7.93. The average molecular weight is 498 g/mol. The van der Waals surface area contributed by atoms with Crippen molar-refractivity contribution in [3.63, 3.8) is 0 Å². The van der Waals surface area contributed by atoms with Crippen molar-refractivity contribution >= 4 is 27.4 Å². The van der Waals surface area contributed by atoms with Crippen molar-refractivity contribution in [2.45, 2.75) is 23.2 Å². The van der Waals surface area contributed by atoms with Crippen molar-refractivity contribution in [1.29, 1.82) is 0 Å². The van der Waals surface area contributed by atoms with E-state index in [4.69, 9.17) is 11.2 Å². The summed E-state index contributed by atoms with van der Waals surface area (Å²) in [6, 6.07) is 20.7. The van der Waals surface area contributed by atoms with Crippen LogP contribution in [-0.4, -0.2) is 38.4 Å². The number of rotatable bonds is 6. The van der Waals surface area contributed by atoms with E-state index in [-0.39, 0.29) is 16.3 Å². The zero-order valence-electron chi connectivity index (χ0n) is 18.4. The van der Waals surface area contributed by atoms with E-state index in [9.17, 15) is 12.8 Å². The zero-order chi connectivity index (χ0) is 24.0. The maximum Gasteiger partial charge on any atom is 0.303 e. The number of sulfonamides is 1. The Morgan fingerprint density at radius 2 is 1.82 bits per heavy atom. The van der Waals surface area contributed by atoms with Gasteiger partial charge in [-0.1, -0.05) is 30.7 Å². The van der Waals surface area contributed by atoms with Gasteiger partial charge in [0, 0.05) is 36.0 Å². The number of benzene rings is 2. The minimum Gasteiger partial charge on any atom is -0.425 e. The lowest BCUT2D eigenvalue weighted by atomic mass is 9.77. The Balaban J connectivity index is 1.50. The second kappa shape index (κ2) is 10.4. The fourth-order valence-electron chi connectivity index (χ4n) is 4.00. The number of nitrogens with one attached hydrogen (secondary N) is 1. The lowest BCUT2D eigenvalue weighted by molar-refractivity contribution is 0.233. The number of hydrogen-bond acceptors (Lipinski definition) is 5. The number of terminal acetylenes is 1. The summed E-state index contributed by atoms with van der Waals surface area (Å²) in [4.78, 5) is 5.24. The summed E-state index contributed by atoms with van der Waals surface area (Å²) in [5.74, 6) is 0.136. The van der Waals surface area contributed by atoms with Gasteiger partial charge in [0.1, 0.15) is 11.6 Å². The van der Waals surface area contributed by atoms with Crippen molar-refractivity contribution in [3.05, 3.63) is 82.8 Å². The molecule has 4 rings (SSSR count). The third kappa shape index (κ3) is 5.30. The Hall–Kier alpha value is -3.19. The van der Waals surface area contributed by atoms with Crippen molar-refractivity contribution in [3.8, 4) is 18.2 Å². The van der Waals surface area contributed by atoms with Crippen molar-refractivity contribution in [2.24, 2.45) is 4.99 Å². The number of nitrogens with zero attached hydrogens (tertiary/aromatic N) is 2. The summed E-state index contributed by atoms with van der Waals surface area (Å²) in [5, 5.41) is 5.25. The van der Waals surface area contributed by atoms with Crippen molar-refractivity contribution in [1.82, 2.24) is 9.62 Å². The number of para-hydroxylation sites is 1. The van der Waals surface area contributed by atoms with Gasteiger partial charge in [-0.3, -0.25) is 0 Å². The van der Waals surface area contributed by atoms with Crippen LogP contribution in [0.1, 0.15) is 17.7 Å². The molecule has 3 aromatic rings. The highest BCUT2D eigenvalue weighted by Crippen LogP contribution is 2.39. The molecule has 0 aliphatic carbocycles. The molecule has 0 bridgehead atoms. The summed E-state index contributed by atoms with van der Waals surface area (Å²) in [5.41, 5.74) is -0.321. The topological polar surface area (TPSA) is 71.0 Å². The fraction of sp³-hybridized carbons (Fsp3) is 0.240. The van der Waals surface area contributed by atoms with E-state index in [1.807, 2.05) is 41.8 Å². The Morgan fingerprint density at radius 1 is 1.12 bits per heavy atom. The molecule has 1 aliphatic rings. The lowest BCUT2D eigenvalue weighted by Crippen LogP contribution is -2.50. The van der Waals surface area contributed by atoms with E-state index in [0.29, 0.717) is 38.2 Å². The third-order valence-corrected chi connectivity index (χ3v) is 8.91. The highest BCUT2D eigenvalue weighted by molar-refractivity contribution is 7.89. The molecule has 34 heavy (non-hydrogen) atoms. The monoisotopic (exact) mass is 497 g/mol. The summed E-state index contributed by atoms with van der Waals surface area (Å²) >= 11 is 1.63. The molecule has 0 atom stereocenters. The standard InChI is InChI=1S/C25H24FN3O3S2/c1-2-27-24(32-21-7-4-3-5-8-21)28-19-25(23-9-6-18-33-23)14-16-29(17-15-25)34(30,31)22-12-10-20(26)11-13-22/h1,3-13,18H,14-17,19H2,(H,27,28). The van der Waals surface area contributed by atoms with E-state index in [1.165, 1.54) is 16.4 Å². The van der Waals surface area contributed by atoms with Crippen LogP contribution < -0.4 is 10.1 Å². The largest absolute Gasteiger partial charge is 0.425 e. The molecule has 0 radical (unpaired) electrons. The fourth-order valence-corrected chi connectivity index (χ4v) is 6.43. The summed E-state index contributed by atoms with van der Waals surface area (Å²) in [6.45, 7) is 1.15. The highest BCUT2D eigenvalue weighted by atomic mass is 32.2. The molecule has 0 saturated carbocycles. The SMILES string of the molecule is C#CN=C(NCC1(c2cccs2)CCN(S(=O)(=O)c2ccc(F)cc2)CC1)Oc1ccccc1. The summed E-state index contributed by atoms with van der Waals surface area (Å²) in [7, 11) is -3.70. The first-order valence-electron chi connectivity index (χ1n) is 10.7. The normalized spacial score (nSPS) is 16.5. The van der Waals surface area contributed by atoms with Crippen LogP contribution in [0.2, 0.25) is 0 Å². The van der Waals surface area contributed by atoms with Crippen molar-refractivity contribution in [2.75, 3.05) is 19.6 Å². The van der Waals surface area contributed by atoms with Gasteiger partial charge in [-0.05, 0) is 60.7 Å². The van der Waals surface area contributed by atoms with Crippen LogP contribution in [0.4, 0.5) is 4.39 Å². The Bertz CT molecular complexity index is 1260. The molecular formula is C25H24FN3O3S2. The molecule has 1 aromatic heterocycles. The van der Waals surface area contributed by atoms with Crippen LogP contribution in [0, 0.1) is 18.3 Å². The average Bonchev–Trinajstić information content (AvgIpc) is 3.40. The molecule has 0 amide bonds. The smallest absolute Gasteiger partial charge is 0.303 e. The number of halogens is 1. The summed E-state index contributed by atoms with van der Waals surface area (Å²) in [6.07, 6.45) is 6.58. The maximum absolute atomic E-state index is 13.3. The van der Waals surface area contributed by atoms with E-state index in [2.05, 4.69) is 22.4 Å². The first-order valence-corrected chi connectivity index (χ1v) is 13.0. The Labute approximate surface area is 203 Å². The molecule has 2 aromatic carbocycles. The molecule has 1 saturated heterocycles. The second-order valence-corrected chi connectivity index (χ2v) is 10.8. The lowest BCUT2D eigenvalue weighted by Gasteiger charge is -2.41. The van der Waals surface area contributed by atoms with Crippen molar-refractivity contribution < 1.29 is 17.5 Å². The molecule has 0 unspecified atom stereocenters. The molecule has 1 aliphatic heterocycles. The van der Waals surface area contributed by atoms with Gasteiger partial charge in [-0.25, -0.2) is 12.8 Å². The third-order valence-electron chi connectivity index (χ3n) is 5.88. The van der Waals surface area contributed by atoms with Gasteiger partial charge in [0.05, 0.1) is 4.90 Å². The number of thiophene rings is 1. The van der Waals surface area contributed by atoms with Gasteiger partial charge in [0.15, 0.2) is 0 Å². The van der Waals surface area contributed by atoms with E-state index in [0.717, 1.165) is 17.0 Å². The van der Waals surface area contributed by atoms with Gasteiger partial charge in [-0.2, -0.15) is 4.31 Å². The predicted octanol–water partition coefficient (Wildman–Crippen LogP) is 4.23. The maximum atomic E-state index is 13.3. The van der Waals surface area contributed by atoms with Gasteiger partial charge < -0.3 is 10.1 Å². The Morgan fingerprint density at radius 3 is 2.44 bits per heavy atom. The number of amidine groups is 1. The van der Waals surface area contributed by atoms with Crippen LogP contribution in [0.15, 0.2) is 82.0 Å². The first kappa shape index (κ1) is 24.0. The van der Waals surface area contributed by atoms with Crippen LogP contribution >= 0.6 is 11.3 Å². The molecule has 1 N–H and O–H groups in total. The van der Waals surface area contributed by atoms with E-state index < -0.39 is 15.8 Å². The van der Waals surface area contributed by atoms with Gasteiger partial charge in [0.25, 0.3) is 0 Å². The van der Waals surface area contributed by atoms with Crippen LogP contribution in [0.3, 0.4) is 0 Å². The van der Waals surface area contributed by atoms with Gasteiger partial charge in [0.2, 0.25) is 10.0 Å². The molecule has 1 fully saturated rings. The van der Waals surface area contributed by atoms with Gasteiger partial charge >= 0.3 is 6.02 Å². The minimum absolute atomic E-state index is 0.0929. The Kier molecular flexibility index (Phi) is 7.32. The van der Waals surface area contributed by atoms with Crippen LogP contribution in [0.25, 0.3) is 0 Å². The minimum atomic E-state index is -3.70. The highest BCUT2D eigenvalue weighted by Gasteiger charge is 2.40. The predicted molar refractivity (Wildman–Crippen MR) is 132 cm³/mol. The number of hydrogen-bond donors (Lipinski definition) is 1. The van der Waals surface area contributed by atoms with Gasteiger partial charge in [-0.15, -0.1) is 16.3 Å². The number of ether oxygens (including phenoxy) is 1. The molecule has 0 spiro atoms. The number of aliphatic imine (C=N–C) groups is 1.